The van der Waals surface area contributed by atoms with Gasteiger partial charge in [0, 0.05) is 52.3 Å². The molecule has 3 rings (SSSR count). The second-order valence-corrected chi connectivity index (χ2v) is 6.78. The highest BCUT2D eigenvalue weighted by molar-refractivity contribution is 14.0. The molecule has 0 amide bonds. The topological polar surface area (TPSA) is 63.5 Å². The molecule has 1 aromatic carbocycles. The second-order valence-electron chi connectivity index (χ2n) is 6.78. The molecule has 1 aromatic heterocycles. The predicted molar refractivity (Wildman–Crippen MR) is 120 cm³/mol. The smallest absolute Gasteiger partial charge is 0.191 e. The van der Waals surface area contributed by atoms with Crippen LogP contribution in [-0.4, -0.2) is 42.3 Å². The molecule has 148 valence electrons. The summed E-state index contributed by atoms with van der Waals surface area (Å²) in [6.07, 6.45) is 9.30. The lowest BCUT2D eigenvalue weighted by atomic mass is 10.1. The number of halogens is 1. The van der Waals surface area contributed by atoms with Crippen molar-refractivity contribution in [1.29, 1.82) is 0 Å². The van der Waals surface area contributed by atoms with Crippen molar-refractivity contribution in [2.24, 2.45) is 10.9 Å². The number of benzene rings is 1. The van der Waals surface area contributed by atoms with Gasteiger partial charge in [-0.05, 0) is 36.3 Å². The van der Waals surface area contributed by atoms with Gasteiger partial charge in [-0.25, -0.2) is 4.98 Å². The minimum atomic E-state index is 0. The molecule has 1 heterocycles. The summed E-state index contributed by atoms with van der Waals surface area (Å²) in [6, 6.07) is 8.62. The van der Waals surface area contributed by atoms with Crippen molar-refractivity contribution in [1.82, 2.24) is 20.2 Å². The summed E-state index contributed by atoms with van der Waals surface area (Å²) in [5.41, 5.74) is 2.50. The van der Waals surface area contributed by atoms with Gasteiger partial charge in [0.15, 0.2) is 5.96 Å². The third-order valence-corrected chi connectivity index (χ3v) is 4.44. The molecule has 1 saturated carbocycles. The van der Waals surface area contributed by atoms with E-state index in [0.717, 1.165) is 51.1 Å². The number of rotatable bonds is 10. The first-order chi connectivity index (χ1) is 12.8. The van der Waals surface area contributed by atoms with Gasteiger partial charge in [-0.2, -0.15) is 0 Å². The summed E-state index contributed by atoms with van der Waals surface area (Å²) < 4.78 is 7.71. The van der Waals surface area contributed by atoms with Gasteiger partial charge in [0.1, 0.15) is 0 Å². The van der Waals surface area contributed by atoms with Crippen molar-refractivity contribution < 1.29 is 4.74 Å². The summed E-state index contributed by atoms with van der Waals surface area (Å²) in [6.45, 7) is 4.22. The van der Waals surface area contributed by atoms with Crippen LogP contribution < -0.4 is 10.6 Å². The lowest BCUT2D eigenvalue weighted by Gasteiger charge is -2.12. The zero-order chi connectivity index (χ0) is 18.0. The standard InChI is InChI=1S/C20H29N5O.HI/c1-21-20(23-9-2-12-26-15-19-7-8-19)24-13-17-3-5-18(6-4-17)14-25-11-10-22-16-25;/h3-6,10-11,16,19H,2,7-9,12-15H2,1H3,(H2,21,23,24);1H. The molecule has 1 aliphatic carbocycles. The molecule has 0 spiro atoms. The van der Waals surface area contributed by atoms with Crippen LogP contribution in [0.25, 0.3) is 0 Å². The predicted octanol–water partition coefficient (Wildman–Crippen LogP) is 3.03. The summed E-state index contributed by atoms with van der Waals surface area (Å²) in [4.78, 5) is 8.34. The van der Waals surface area contributed by atoms with Crippen LogP contribution >= 0.6 is 24.0 Å². The van der Waals surface area contributed by atoms with Crippen LogP contribution in [0.5, 0.6) is 0 Å². The van der Waals surface area contributed by atoms with E-state index in [1.165, 1.54) is 24.0 Å². The van der Waals surface area contributed by atoms with E-state index in [4.69, 9.17) is 4.74 Å². The number of nitrogens with zero attached hydrogens (tertiary/aromatic N) is 3. The van der Waals surface area contributed by atoms with Crippen LogP contribution in [0.3, 0.4) is 0 Å². The maximum atomic E-state index is 5.64. The molecule has 0 radical (unpaired) electrons. The molecular formula is C20H30IN5O. The van der Waals surface area contributed by atoms with Crippen molar-refractivity contribution in [3.05, 3.63) is 54.1 Å². The zero-order valence-electron chi connectivity index (χ0n) is 15.9. The van der Waals surface area contributed by atoms with Crippen molar-refractivity contribution in [3.63, 3.8) is 0 Å². The molecule has 2 N–H and O–H groups in total. The van der Waals surface area contributed by atoms with Gasteiger partial charge in [-0.1, -0.05) is 24.3 Å². The number of ether oxygens (including phenoxy) is 1. The number of hydrogen-bond donors (Lipinski definition) is 2. The maximum Gasteiger partial charge on any atom is 0.191 e. The highest BCUT2D eigenvalue weighted by Crippen LogP contribution is 2.28. The number of guanidine groups is 1. The summed E-state index contributed by atoms with van der Waals surface area (Å²) in [7, 11) is 1.80. The number of aliphatic imine (C=N–C) groups is 1. The van der Waals surface area contributed by atoms with Crippen molar-refractivity contribution in [3.8, 4) is 0 Å². The zero-order valence-corrected chi connectivity index (χ0v) is 18.3. The number of nitrogens with one attached hydrogen (secondary N) is 2. The monoisotopic (exact) mass is 483 g/mol. The quantitative estimate of drug-likeness (QED) is 0.236. The molecular weight excluding hydrogens is 453 g/mol. The largest absolute Gasteiger partial charge is 0.381 e. The number of hydrogen-bond acceptors (Lipinski definition) is 3. The third kappa shape index (κ3) is 8.30. The van der Waals surface area contributed by atoms with E-state index in [-0.39, 0.29) is 24.0 Å². The average molecular weight is 483 g/mol. The Morgan fingerprint density at radius 2 is 2.00 bits per heavy atom. The summed E-state index contributed by atoms with van der Waals surface area (Å²) in [5.74, 6) is 1.67. The lowest BCUT2D eigenvalue weighted by molar-refractivity contribution is 0.123. The Balaban J connectivity index is 0.00000261. The SMILES string of the molecule is CN=C(NCCCOCC1CC1)NCc1ccc(Cn2ccnc2)cc1.I. The van der Waals surface area contributed by atoms with Crippen LogP contribution in [0.1, 0.15) is 30.4 Å². The second kappa shape index (κ2) is 12.0. The van der Waals surface area contributed by atoms with Crippen molar-refractivity contribution >= 4 is 29.9 Å². The molecule has 0 bridgehead atoms. The van der Waals surface area contributed by atoms with Gasteiger partial charge in [0.25, 0.3) is 0 Å². The van der Waals surface area contributed by atoms with Crippen LogP contribution in [0.4, 0.5) is 0 Å². The fourth-order valence-corrected chi connectivity index (χ4v) is 2.68. The van der Waals surface area contributed by atoms with Gasteiger partial charge < -0.3 is 19.9 Å². The van der Waals surface area contributed by atoms with Crippen molar-refractivity contribution in [2.75, 3.05) is 26.8 Å². The van der Waals surface area contributed by atoms with Crippen LogP contribution in [0, 0.1) is 5.92 Å². The Morgan fingerprint density at radius 3 is 2.67 bits per heavy atom. The molecule has 1 aliphatic rings. The third-order valence-electron chi connectivity index (χ3n) is 4.44. The van der Waals surface area contributed by atoms with Gasteiger partial charge in [-0.15, -0.1) is 24.0 Å². The Bertz CT molecular complexity index is 668. The Labute approximate surface area is 178 Å². The number of imidazole rings is 1. The lowest BCUT2D eigenvalue weighted by Crippen LogP contribution is -2.37. The van der Waals surface area contributed by atoms with E-state index in [0.29, 0.717) is 0 Å². The van der Waals surface area contributed by atoms with E-state index in [2.05, 4.69) is 49.4 Å². The van der Waals surface area contributed by atoms with E-state index in [1.807, 2.05) is 12.5 Å². The van der Waals surface area contributed by atoms with Gasteiger partial charge >= 0.3 is 0 Å². The molecule has 6 nitrogen and oxygen atoms in total. The van der Waals surface area contributed by atoms with Crippen LogP contribution in [0.2, 0.25) is 0 Å². The van der Waals surface area contributed by atoms with E-state index >= 15 is 0 Å². The summed E-state index contributed by atoms with van der Waals surface area (Å²) >= 11 is 0. The van der Waals surface area contributed by atoms with Gasteiger partial charge in [0.2, 0.25) is 0 Å². The highest BCUT2D eigenvalue weighted by atomic mass is 127. The molecule has 0 unspecified atom stereocenters. The van der Waals surface area contributed by atoms with Crippen LogP contribution in [0.15, 0.2) is 48.0 Å². The molecule has 27 heavy (non-hydrogen) atoms. The van der Waals surface area contributed by atoms with Crippen molar-refractivity contribution in [2.45, 2.75) is 32.4 Å². The van der Waals surface area contributed by atoms with Gasteiger partial charge in [0.05, 0.1) is 6.33 Å². The molecule has 7 heteroatoms. The highest BCUT2D eigenvalue weighted by Gasteiger charge is 2.20. The first-order valence-corrected chi connectivity index (χ1v) is 9.39. The van der Waals surface area contributed by atoms with E-state index in [1.54, 1.807) is 13.2 Å². The molecule has 2 aromatic rings. The fourth-order valence-electron chi connectivity index (χ4n) is 2.68. The molecule has 0 saturated heterocycles. The van der Waals surface area contributed by atoms with Gasteiger partial charge in [-0.3, -0.25) is 4.99 Å². The maximum absolute atomic E-state index is 5.64. The molecule has 0 atom stereocenters. The minimum absolute atomic E-state index is 0. The van der Waals surface area contributed by atoms with E-state index in [9.17, 15) is 0 Å². The fraction of sp³-hybridized carbons (Fsp3) is 0.500. The normalized spacial score (nSPS) is 13.9. The average Bonchev–Trinajstić information content (AvgIpc) is 3.36. The Hall–Kier alpha value is -1.61. The van der Waals surface area contributed by atoms with Crippen LogP contribution in [-0.2, 0) is 17.8 Å². The first-order valence-electron chi connectivity index (χ1n) is 9.39. The van der Waals surface area contributed by atoms with E-state index < -0.39 is 0 Å². The summed E-state index contributed by atoms with van der Waals surface area (Å²) in [5, 5.41) is 6.69. The minimum Gasteiger partial charge on any atom is -0.381 e. The Morgan fingerprint density at radius 1 is 1.22 bits per heavy atom. The number of aromatic nitrogens is 2. The first kappa shape index (κ1) is 21.7. The Kier molecular flexibility index (Phi) is 9.61. The molecule has 1 fully saturated rings. The molecule has 0 aliphatic heterocycles.